The van der Waals surface area contributed by atoms with Crippen LogP contribution in [0.1, 0.15) is 16.2 Å². The summed E-state index contributed by atoms with van der Waals surface area (Å²) in [5.74, 6) is -0.526. The third-order valence-corrected chi connectivity index (χ3v) is 1.58. The van der Waals surface area contributed by atoms with Crippen LogP contribution in [-0.4, -0.2) is 16.1 Å². The van der Waals surface area contributed by atoms with E-state index in [0.717, 1.165) is 0 Å². The fourth-order valence-corrected chi connectivity index (χ4v) is 0.997. The molecule has 0 atom stereocenters. The van der Waals surface area contributed by atoms with E-state index in [0.29, 0.717) is 11.4 Å². The highest BCUT2D eigenvalue weighted by molar-refractivity contribution is 5.85. The highest BCUT2D eigenvalue weighted by atomic mass is 16.6. The minimum atomic E-state index is -1.05. The zero-order valence-electron chi connectivity index (χ0n) is 6.52. The molecule has 0 bridgehead atoms. The van der Waals surface area contributed by atoms with Crippen molar-refractivity contribution in [2.24, 2.45) is 0 Å². The molecule has 0 saturated carbocycles. The summed E-state index contributed by atoms with van der Waals surface area (Å²) in [6, 6.07) is 2.95. The molecule has 1 aliphatic heterocycles. The Bertz CT molecular complexity index is 387. The monoisotopic (exact) mass is 178 g/mol. The molecule has 0 saturated heterocycles. The highest BCUT2D eigenvalue weighted by Gasteiger charge is 2.11. The van der Waals surface area contributed by atoms with E-state index >= 15 is 0 Å². The van der Waals surface area contributed by atoms with Crippen molar-refractivity contribution in [3.05, 3.63) is 29.7 Å². The second kappa shape index (κ2) is 2.78. The molecule has 0 aliphatic carbocycles. The van der Waals surface area contributed by atoms with Crippen LogP contribution >= 0.6 is 0 Å². The number of hydroxylamine groups is 1. The quantitative estimate of drug-likeness (QED) is 0.660. The average molecular weight is 178 g/mol. The number of rotatable bonds is 1. The summed E-state index contributed by atoms with van der Waals surface area (Å²) >= 11 is 0. The Morgan fingerprint density at radius 3 is 3.15 bits per heavy atom. The molecule has 0 unspecified atom stereocenters. The van der Waals surface area contributed by atoms with Gasteiger partial charge in [-0.25, -0.2) is 15.3 Å². The van der Waals surface area contributed by atoms with Crippen molar-refractivity contribution in [2.75, 3.05) is 0 Å². The van der Waals surface area contributed by atoms with Crippen LogP contribution in [0.5, 0.6) is 5.75 Å². The number of pyridine rings is 1. The summed E-state index contributed by atoms with van der Waals surface area (Å²) in [4.78, 5) is 19.4. The van der Waals surface area contributed by atoms with Gasteiger partial charge in [-0.3, -0.25) is 0 Å². The number of nitrogens with one attached hydrogen (secondary N) is 1. The third kappa shape index (κ3) is 1.31. The molecule has 2 heterocycles. The van der Waals surface area contributed by atoms with E-state index in [9.17, 15) is 4.79 Å². The number of aromatic carboxylic acids is 1. The van der Waals surface area contributed by atoms with E-state index in [1.54, 1.807) is 18.3 Å². The standard InChI is InChI=1S/C8H6N2O3/c11-8(12)6-1-2-7-5(10-6)3-4-9-13-7/h1-4,9H,(H,11,12). The summed E-state index contributed by atoms with van der Waals surface area (Å²) < 4.78 is 0. The van der Waals surface area contributed by atoms with Crippen molar-refractivity contribution in [1.29, 1.82) is 0 Å². The van der Waals surface area contributed by atoms with E-state index in [4.69, 9.17) is 9.94 Å². The van der Waals surface area contributed by atoms with Gasteiger partial charge in [0.25, 0.3) is 0 Å². The molecule has 13 heavy (non-hydrogen) atoms. The fourth-order valence-electron chi connectivity index (χ4n) is 0.997. The van der Waals surface area contributed by atoms with Crippen molar-refractivity contribution in [3.63, 3.8) is 0 Å². The van der Waals surface area contributed by atoms with Crippen LogP contribution in [0.25, 0.3) is 6.08 Å². The lowest BCUT2D eigenvalue weighted by Gasteiger charge is -2.11. The van der Waals surface area contributed by atoms with Gasteiger partial charge >= 0.3 is 5.97 Å². The Morgan fingerprint density at radius 1 is 1.54 bits per heavy atom. The van der Waals surface area contributed by atoms with Gasteiger partial charge in [-0.1, -0.05) is 0 Å². The molecule has 0 spiro atoms. The maximum absolute atomic E-state index is 10.5. The maximum atomic E-state index is 10.5. The lowest BCUT2D eigenvalue weighted by Crippen LogP contribution is -2.16. The van der Waals surface area contributed by atoms with Crippen LogP contribution in [0.4, 0.5) is 0 Å². The minimum absolute atomic E-state index is 0.00824. The van der Waals surface area contributed by atoms with Crippen LogP contribution in [0.3, 0.4) is 0 Å². The summed E-state index contributed by atoms with van der Waals surface area (Å²) in [6.07, 6.45) is 3.19. The first kappa shape index (κ1) is 7.60. The average Bonchev–Trinajstić information content (AvgIpc) is 2.17. The van der Waals surface area contributed by atoms with Crippen LogP contribution < -0.4 is 10.3 Å². The smallest absolute Gasteiger partial charge is 0.354 e. The first-order chi connectivity index (χ1) is 6.27. The van der Waals surface area contributed by atoms with Gasteiger partial charge in [0.05, 0.1) is 0 Å². The summed E-state index contributed by atoms with van der Waals surface area (Å²) in [5.41, 5.74) is 3.04. The number of carboxylic acids is 1. The van der Waals surface area contributed by atoms with Gasteiger partial charge < -0.3 is 9.94 Å². The molecular weight excluding hydrogens is 172 g/mol. The van der Waals surface area contributed by atoms with Crippen molar-refractivity contribution in [1.82, 2.24) is 10.5 Å². The first-order valence-corrected chi connectivity index (χ1v) is 3.60. The normalized spacial score (nSPS) is 12.6. The van der Waals surface area contributed by atoms with Gasteiger partial charge in [-0.15, -0.1) is 0 Å². The minimum Gasteiger partial charge on any atom is -0.477 e. The lowest BCUT2D eigenvalue weighted by molar-refractivity contribution is 0.0690. The zero-order valence-corrected chi connectivity index (χ0v) is 6.52. The number of carboxylic acid groups (broad SMARTS) is 1. The van der Waals surface area contributed by atoms with Gasteiger partial charge in [0.2, 0.25) is 0 Å². The number of hydrogen-bond donors (Lipinski definition) is 2. The molecule has 2 rings (SSSR count). The molecule has 0 fully saturated rings. The number of hydrogen-bond acceptors (Lipinski definition) is 4. The Labute approximate surface area is 73.6 Å². The second-order valence-corrected chi connectivity index (χ2v) is 2.44. The topological polar surface area (TPSA) is 71.5 Å². The Hall–Kier alpha value is -2.04. The van der Waals surface area contributed by atoms with Crippen LogP contribution in [0.15, 0.2) is 18.3 Å². The third-order valence-electron chi connectivity index (χ3n) is 1.58. The molecule has 0 aromatic carbocycles. The van der Waals surface area contributed by atoms with Crippen LogP contribution in [0.2, 0.25) is 0 Å². The van der Waals surface area contributed by atoms with E-state index in [1.807, 2.05) is 0 Å². The predicted octanol–water partition coefficient (Wildman–Crippen LogP) is 0.647. The highest BCUT2D eigenvalue weighted by Crippen LogP contribution is 2.19. The van der Waals surface area contributed by atoms with Gasteiger partial charge in [-0.2, -0.15) is 0 Å². The van der Waals surface area contributed by atoms with E-state index in [-0.39, 0.29) is 5.69 Å². The molecule has 1 aliphatic rings. The number of fused-ring (bicyclic) bond motifs is 1. The predicted molar refractivity (Wildman–Crippen MR) is 44.0 cm³/mol. The van der Waals surface area contributed by atoms with E-state index in [1.165, 1.54) is 6.07 Å². The van der Waals surface area contributed by atoms with Crippen LogP contribution in [0, 0.1) is 0 Å². The van der Waals surface area contributed by atoms with E-state index < -0.39 is 5.97 Å². The van der Waals surface area contributed by atoms with Crippen molar-refractivity contribution in [3.8, 4) is 5.75 Å². The van der Waals surface area contributed by atoms with Gasteiger partial charge in [-0.05, 0) is 18.2 Å². The maximum Gasteiger partial charge on any atom is 0.354 e. The fraction of sp³-hybridized carbons (Fsp3) is 0. The number of nitrogens with zero attached hydrogens (tertiary/aromatic N) is 1. The molecule has 5 heteroatoms. The van der Waals surface area contributed by atoms with Gasteiger partial charge in [0, 0.05) is 6.20 Å². The molecule has 0 amide bonds. The van der Waals surface area contributed by atoms with E-state index in [2.05, 4.69) is 10.5 Å². The summed E-state index contributed by atoms with van der Waals surface area (Å²) in [5, 5.41) is 8.64. The Kier molecular flexibility index (Phi) is 1.63. The molecule has 1 aromatic heterocycles. The number of aromatic nitrogens is 1. The molecule has 2 N–H and O–H groups in total. The SMILES string of the molecule is O=C(O)c1ccc2c(n1)C=CNO2. The van der Waals surface area contributed by atoms with Gasteiger partial charge in [0.1, 0.15) is 11.4 Å². The van der Waals surface area contributed by atoms with Crippen molar-refractivity contribution in [2.45, 2.75) is 0 Å². The second-order valence-electron chi connectivity index (χ2n) is 2.44. The lowest BCUT2D eigenvalue weighted by atomic mass is 10.2. The molecule has 66 valence electrons. The summed E-state index contributed by atoms with van der Waals surface area (Å²) in [6.45, 7) is 0. The zero-order chi connectivity index (χ0) is 9.26. The van der Waals surface area contributed by atoms with Crippen molar-refractivity contribution >= 4 is 12.0 Å². The largest absolute Gasteiger partial charge is 0.477 e. The molecule has 5 nitrogen and oxygen atoms in total. The Balaban J connectivity index is 2.48. The van der Waals surface area contributed by atoms with Crippen LogP contribution in [-0.2, 0) is 0 Å². The Morgan fingerprint density at radius 2 is 2.38 bits per heavy atom. The van der Waals surface area contributed by atoms with Crippen molar-refractivity contribution < 1.29 is 14.7 Å². The molecule has 0 radical (unpaired) electrons. The molecule has 1 aromatic rings. The van der Waals surface area contributed by atoms with Gasteiger partial charge in [0.15, 0.2) is 5.75 Å². The first-order valence-electron chi connectivity index (χ1n) is 3.60. The summed E-state index contributed by atoms with van der Waals surface area (Å²) in [7, 11) is 0. The number of carbonyl (C=O) groups is 1. The molecular formula is C8H6N2O3.